The maximum absolute atomic E-state index is 2.55. The summed E-state index contributed by atoms with van der Waals surface area (Å²) in [6.45, 7) is 11.8. The molecule has 0 N–H and O–H groups in total. The predicted octanol–water partition coefficient (Wildman–Crippen LogP) is 14.6. The molecule has 0 amide bonds. The Labute approximate surface area is 319 Å². The van der Waals surface area contributed by atoms with Crippen molar-refractivity contribution in [2.24, 2.45) is 0 Å². The van der Waals surface area contributed by atoms with Crippen molar-refractivity contribution in [1.29, 1.82) is 0 Å². The molecule has 1 heteroatoms. The van der Waals surface area contributed by atoms with Crippen LogP contribution in [-0.2, 0) is 10.8 Å². The van der Waals surface area contributed by atoms with E-state index in [1.807, 2.05) is 0 Å². The average Bonchev–Trinajstić information content (AvgIpc) is 3.57. The van der Waals surface area contributed by atoms with Crippen molar-refractivity contribution in [2.45, 2.75) is 45.4 Å². The Bertz CT molecular complexity index is 2680. The van der Waals surface area contributed by atoms with Gasteiger partial charge in [-0.15, -0.1) is 0 Å². The first-order chi connectivity index (χ1) is 26.2. The van der Waals surface area contributed by atoms with E-state index in [0.717, 1.165) is 0 Å². The number of nitrogens with zero attached hydrogens (tertiary/aromatic N) is 1. The van der Waals surface area contributed by atoms with Gasteiger partial charge in [0.05, 0.1) is 5.69 Å². The van der Waals surface area contributed by atoms with Crippen LogP contribution in [0.2, 0.25) is 0 Å². The molecule has 2 aliphatic carbocycles. The molecule has 260 valence electrons. The Morgan fingerprint density at radius 3 is 1.48 bits per heavy atom. The normalized spacial score (nSPS) is 14.3. The zero-order valence-corrected chi connectivity index (χ0v) is 31.6. The fourth-order valence-electron chi connectivity index (χ4n) is 9.52. The van der Waals surface area contributed by atoms with Gasteiger partial charge in [0.1, 0.15) is 0 Å². The Kier molecular flexibility index (Phi) is 7.17. The zero-order chi connectivity index (χ0) is 36.8. The van der Waals surface area contributed by atoms with E-state index in [2.05, 4.69) is 209 Å². The number of aryl methyl sites for hydroxylation is 1. The quantitative estimate of drug-likeness (QED) is 0.173. The number of benzene rings is 8. The van der Waals surface area contributed by atoms with Crippen LogP contribution in [0.3, 0.4) is 0 Å². The van der Waals surface area contributed by atoms with Crippen LogP contribution in [0.4, 0.5) is 17.1 Å². The fraction of sp³-hybridized carbons (Fsp3) is 0.132. The van der Waals surface area contributed by atoms with Gasteiger partial charge < -0.3 is 4.90 Å². The van der Waals surface area contributed by atoms with Crippen LogP contribution in [0, 0.1) is 6.92 Å². The molecule has 10 rings (SSSR count). The largest absolute Gasteiger partial charge is 0.310 e. The van der Waals surface area contributed by atoms with E-state index in [9.17, 15) is 0 Å². The summed E-state index contributed by atoms with van der Waals surface area (Å²) in [6.07, 6.45) is 0. The summed E-state index contributed by atoms with van der Waals surface area (Å²) in [5, 5.41) is 2.49. The lowest BCUT2D eigenvalue weighted by molar-refractivity contribution is 0.660. The molecule has 0 fully saturated rings. The fourth-order valence-corrected chi connectivity index (χ4v) is 9.52. The van der Waals surface area contributed by atoms with E-state index in [1.54, 1.807) is 0 Å². The second-order valence-corrected chi connectivity index (χ2v) is 16.3. The van der Waals surface area contributed by atoms with Gasteiger partial charge in [-0.25, -0.2) is 0 Å². The molecule has 0 aliphatic heterocycles. The second kappa shape index (κ2) is 11.9. The molecular formula is C53H43N. The van der Waals surface area contributed by atoms with Crippen LogP contribution in [-0.4, -0.2) is 0 Å². The highest BCUT2D eigenvalue weighted by Crippen LogP contribution is 2.54. The third-order valence-electron chi connectivity index (χ3n) is 12.3. The van der Waals surface area contributed by atoms with Crippen LogP contribution in [0.1, 0.15) is 55.5 Å². The van der Waals surface area contributed by atoms with Crippen LogP contribution < -0.4 is 4.90 Å². The van der Waals surface area contributed by atoms with Gasteiger partial charge >= 0.3 is 0 Å². The molecule has 2 aliphatic rings. The lowest BCUT2D eigenvalue weighted by Crippen LogP contribution is -2.18. The van der Waals surface area contributed by atoms with E-state index >= 15 is 0 Å². The van der Waals surface area contributed by atoms with Crippen LogP contribution in [0.5, 0.6) is 0 Å². The van der Waals surface area contributed by atoms with Crippen molar-refractivity contribution in [3.05, 3.63) is 198 Å². The highest BCUT2D eigenvalue weighted by molar-refractivity contribution is 5.97. The Hall–Kier alpha value is -6.18. The molecule has 0 saturated heterocycles. The predicted molar refractivity (Wildman–Crippen MR) is 229 cm³/mol. The molecular weight excluding hydrogens is 651 g/mol. The zero-order valence-electron chi connectivity index (χ0n) is 31.6. The van der Waals surface area contributed by atoms with E-state index < -0.39 is 0 Å². The standard InChI is InChI=1S/C53H43N/c1-34-29-39(35-15-7-6-8-16-35)31-46(38-24-23-36-17-9-10-18-37(36)30-38)51(34)54(40-25-27-44-42-19-11-13-21-47(42)52(2,3)49(44)32-40)41-26-28-45-43-20-12-14-22-48(43)53(4,5)50(45)33-41/h6-33H,1-5H3. The van der Waals surface area contributed by atoms with Gasteiger partial charge in [-0.1, -0.05) is 155 Å². The minimum atomic E-state index is -0.122. The first-order valence-corrected chi connectivity index (χ1v) is 19.2. The third-order valence-corrected chi connectivity index (χ3v) is 12.3. The molecule has 0 bridgehead atoms. The van der Waals surface area contributed by atoms with Gasteiger partial charge in [-0.05, 0) is 127 Å². The van der Waals surface area contributed by atoms with Gasteiger partial charge in [-0.3, -0.25) is 0 Å². The summed E-state index contributed by atoms with van der Waals surface area (Å²) in [6, 6.07) is 63.4. The van der Waals surface area contributed by atoms with Gasteiger partial charge in [0.2, 0.25) is 0 Å². The Balaban J connectivity index is 1.26. The third kappa shape index (κ3) is 4.85. The molecule has 0 aromatic heterocycles. The summed E-state index contributed by atoms with van der Waals surface area (Å²) in [5.41, 5.74) is 20.2. The van der Waals surface area contributed by atoms with Crippen LogP contribution >= 0.6 is 0 Å². The molecule has 0 unspecified atom stereocenters. The number of rotatable bonds is 5. The molecule has 0 atom stereocenters. The number of hydrogen-bond donors (Lipinski definition) is 0. The van der Waals surface area contributed by atoms with E-state index in [1.165, 1.54) is 100 Å². The Morgan fingerprint density at radius 2 is 0.870 bits per heavy atom. The van der Waals surface area contributed by atoms with Crippen molar-refractivity contribution >= 4 is 27.8 Å². The summed E-state index contributed by atoms with van der Waals surface area (Å²) >= 11 is 0. The summed E-state index contributed by atoms with van der Waals surface area (Å²) in [7, 11) is 0. The van der Waals surface area contributed by atoms with Gasteiger partial charge in [0.15, 0.2) is 0 Å². The van der Waals surface area contributed by atoms with Crippen LogP contribution in [0.15, 0.2) is 170 Å². The number of hydrogen-bond acceptors (Lipinski definition) is 1. The lowest BCUT2D eigenvalue weighted by Gasteiger charge is -2.32. The summed E-state index contributed by atoms with van der Waals surface area (Å²) in [5.74, 6) is 0. The van der Waals surface area contributed by atoms with E-state index in [4.69, 9.17) is 0 Å². The first kappa shape index (κ1) is 32.5. The lowest BCUT2D eigenvalue weighted by atomic mass is 9.82. The highest BCUT2D eigenvalue weighted by atomic mass is 15.1. The Morgan fingerprint density at radius 1 is 0.352 bits per heavy atom. The van der Waals surface area contributed by atoms with Crippen LogP contribution in [0.25, 0.3) is 55.3 Å². The monoisotopic (exact) mass is 693 g/mol. The van der Waals surface area contributed by atoms with Gasteiger partial charge in [0.25, 0.3) is 0 Å². The van der Waals surface area contributed by atoms with Crippen molar-refractivity contribution in [1.82, 2.24) is 0 Å². The molecule has 0 spiro atoms. The maximum atomic E-state index is 2.55. The van der Waals surface area contributed by atoms with Crippen molar-refractivity contribution in [3.63, 3.8) is 0 Å². The molecule has 54 heavy (non-hydrogen) atoms. The summed E-state index contributed by atoms with van der Waals surface area (Å²) < 4.78 is 0. The highest BCUT2D eigenvalue weighted by Gasteiger charge is 2.38. The van der Waals surface area contributed by atoms with Crippen molar-refractivity contribution in [3.8, 4) is 44.5 Å². The number of anilines is 3. The summed E-state index contributed by atoms with van der Waals surface area (Å²) in [4.78, 5) is 2.55. The molecule has 1 nitrogen and oxygen atoms in total. The maximum Gasteiger partial charge on any atom is 0.0569 e. The van der Waals surface area contributed by atoms with E-state index in [0.29, 0.717) is 0 Å². The molecule has 0 heterocycles. The molecule has 8 aromatic carbocycles. The topological polar surface area (TPSA) is 3.24 Å². The molecule has 0 radical (unpaired) electrons. The van der Waals surface area contributed by atoms with Crippen molar-refractivity contribution in [2.75, 3.05) is 4.90 Å². The molecule has 8 aromatic rings. The second-order valence-electron chi connectivity index (χ2n) is 16.3. The molecule has 0 saturated carbocycles. The number of fused-ring (bicyclic) bond motifs is 7. The van der Waals surface area contributed by atoms with E-state index in [-0.39, 0.29) is 10.8 Å². The average molecular weight is 694 g/mol. The minimum absolute atomic E-state index is 0.122. The van der Waals surface area contributed by atoms with Gasteiger partial charge in [0, 0.05) is 27.8 Å². The SMILES string of the molecule is Cc1cc(-c2ccccc2)cc(-c2ccc3ccccc3c2)c1N(c1ccc2c(c1)C(C)(C)c1ccccc1-2)c1ccc2c(c1)C(C)(C)c1ccccc1-2. The minimum Gasteiger partial charge on any atom is -0.310 e. The van der Waals surface area contributed by atoms with Gasteiger partial charge in [-0.2, -0.15) is 0 Å². The smallest absolute Gasteiger partial charge is 0.0569 e. The first-order valence-electron chi connectivity index (χ1n) is 19.2. The van der Waals surface area contributed by atoms with Crippen molar-refractivity contribution < 1.29 is 0 Å².